The third-order valence-electron chi connectivity index (χ3n) is 4.38. The Balaban J connectivity index is 1.72. The van der Waals surface area contributed by atoms with Gasteiger partial charge < -0.3 is 11.1 Å². The Morgan fingerprint density at radius 2 is 2.10 bits per heavy atom. The van der Waals surface area contributed by atoms with E-state index < -0.39 is 0 Å². The van der Waals surface area contributed by atoms with Crippen LogP contribution in [0.2, 0.25) is 0 Å². The third kappa shape index (κ3) is 3.38. The molecular formula is C17H23N3S. The van der Waals surface area contributed by atoms with Crippen LogP contribution in [-0.4, -0.2) is 10.9 Å². The molecule has 0 radical (unpaired) electrons. The molecule has 1 aliphatic rings. The largest absolute Gasteiger partial charge is 0.382 e. The zero-order valence-electron chi connectivity index (χ0n) is 12.5. The van der Waals surface area contributed by atoms with Crippen molar-refractivity contribution in [3.63, 3.8) is 0 Å². The summed E-state index contributed by atoms with van der Waals surface area (Å²) in [4.78, 5) is 0. The van der Waals surface area contributed by atoms with Gasteiger partial charge in [-0.15, -0.1) is 0 Å². The normalized spacial score (nSPS) is 22.1. The summed E-state index contributed by atoms with van der Waals surface area (Å²) in [6, 6.07) is 10.3. The maximum Gasteiger partial charge on any atom is 0.147 e. The minimum Gasteiger partial charge on any atom is -0.382 e. The van der Waals surface area contributed by atoms with E-state index >= 15 is 0 Å². The fourth-order valence-corrected chi connectivity index (χ4v) is 4.03. The van der Waals surface area contributed by atoms with Gasteiger partial charge in [0.15, 0.2) is 0 Å². The van der Waals surface area contributed by atoms with E-state index in [1.54, 1.807) is 0 Å². The lowest BCUT2D eigenvalue weighted by Crippen LogP contribution is -2.20. The number of aromatic nitrogens is 1. The Bertz CT molecular complexity index is 579. The van der Waals surface area contributed by atoms with Crippen LogP contribution in [0.1, 0.15) is 32.6 Å². The molecule has 0 amide bonds. The molecule has 1 saturated carbocycles. The van der Waals surface area contributed by atoms with Gasteiger partial charge in [-0.05, 0) is 41.8 Å². The fourth-order valence-electron chi connectivity index (χ4n) is 3.29. The van der Waals surface area contributed by atoms with Crippen molar-refractivity contribution in [3.05, 3.63) is 30.3 Å². The number of benzene rings is 1. The molecule has 2 unspecified atom stereocenters. The molecule has 3 N–H and O–H groups in total. The number of rotatable bonds is 4. The summed E-state index contributed by atoms with van der Waals surface area (Å²) in [5, 5.41) is 4.71. The highest BCUT2D eigenvalue weighted by Gasteiger charge is 2.20. The van der Waals surface area contributed by atoms with Crippen LogP contribution in [-0.2, 0) is 0 Å². The average Bonchev–Trinajstić information content (AvgIpc) is 2.87. The molecule has 2 atom stereocenters. The van der Waals surface area contributed by atoms with Crippen molar-refractivity contribution < 1.29 is 0 Å². The van der Waals surface area contributed by atoms with Gasteiger partial charge in [0, 0.05) is 6.54 Å². The number of nitrogen functional groups attached to an aromatic ring is 1. The van der Waals surface area contributed by atoms with Gasteiger partial charge in [-0.3, -0.25) is 0 Å². The number of hydrogen-bond donors (Lipinski definition) is 2. The van der Waals surface area contributed by atoms with Crippen LogP contribution >= 0.6 is 11.5 Å². The van der Waals surface area contributed by atoms with Crippen molar-refractivity contribution in [1.29, 1.82) is 0 Å². The lowest BCUT2D eigenvalue weighted by molar-refractivity contribution is 0.293. The predicted molar refractivity (Wildman–Crippen MR) is 91.6 cm³/mol. The van der Waals surface area contributed by atoms with Crippen LogP contribution in [0, 0.1) is 11.8 Å². The Morgan fingerprint density at radius 3 is 2.86 bits per heavy atom. The van der Waals surface area contributed by atoms with E-state index in [1.807, 2.05) is 18.2 Å². The molecule has 1 heterocycles. The maximum atomic E-state index is 6.06. The number of nitrogens with two attached hydrogens (primary N) is 1. The summed E-state index contributed by atoms with van der Waals surface area (Å²) in [5.74, 6) is 2.28. The molecule has 1 fully saturated rings. The Morgan fingerprint density at radius 1 is 1.29 bits per heavy atom. The summed E-state index contributed by atoms with van der Waals surface area (Å²) in [6.45, 7) is 3.40. The average molecular weight is 301 g/mol. The van der Waals surface area contributed by atoms with E-state index in [4.69, 9.17) is 5.73 Å². The lowest BCUT2D eigenvalue weighted by atomic mass is 9.82. The molecule has 2 aromatic rings. The van der Waals surface area contributed by atoms with Crippen molar-refractivity contribution in [2.45, 2.75) is 32.6 Å². The second kappa shape index (κ2) is 6.48. The number of nitrogens with one attached hydrogen (secondary N) is 1. The highest BCUT2D eigenvalue weighted by atomic mass is 32.1. The molecule has 112 valence electrons. The summed E-state index contributed by atoms with van der Waals surface area (Å²) >= 11 is 1.47. The van der Waals surface area contributed by atoms with Crippen molar-refractivity contribution in [1.82, 2.24) is 4.37 Å². The van der Waals surface area contributed by atoms with Gasteiger partial charge in [0.25, 0.3) is 0 Å². The molecule has 0 aliphatic heterocycles. The monoisotopic (exact) mass is 301 g/mol. The number of nitrogens with zero attached hydrogens (tertiary/aromatic N) is 1. The van der Waals surface area contributed by atoms with E-state index in [9.17, 15) is 0 Å². The van der Waals surface area contributed by atoms with Crippen LogP contribution < -0.4 is 11.1 Å². The molecule has 3 rings (SSSR count). The highest BCUT2D eigenvalue weighted by molar-refractivity contribution is 7.11. The molecule has 1 aromatic heterocycles. The summed E-state index contributed by atoms with van der Waals surface area (Å²) in [7, 11) is 0. The SMILES string of the molecule is CC1CCCC(CNc2snc(N)c2-c2ccccc2)C1. The fraction of sp³-hybridized carbons (Fsp3) is 0.471. The zero-order chi connectivity index (χ0) is 14.7. The molecule has 0 spiro atoms. The highest BCUT2D eigenvalue weighted by Crippen LogP contribution is 2.37. The van der Waals surface area contributed by atoms with Gasteiger partial charge in [-0.25, -0.2) is 0 Å². The zero-order valence-corrected chi connectivity index (χ0v) is 13.3. The van der Waals surface area contributed by atoms with Crippen molar-refractivity contribution in [2.24, 2.45) is 11.8 Å². The number of anilines is 2. The van der Waals surface area contributed by atoms with Gasteiger partial charge in [-0.2, -0.15) is 4.37 Å². The molecular weight excluding hydrogens is 278 g/mol. The summed E-state index contributed by atoms with van der Waals surface area (Å²) < 4.78 is 4.33. The topological polar surface area (TPSA) is 50.9 Å². The molecule has 0 bridgehead atoms. The van der Waals surface area contributed by atoms with E-state index in [0.29, 0.717) is 5.82 Å². The molecule has 3 nitrogen and oxygen atoms in total. The molecule has 1 aliphatic carbocycles. The molecule has 1 aromatic carbocycles. The smallest absolute Gasteiger partial charge is 0.147 e. The number of hydrogen-bond acceptors (Lipinski definition) is 4. The van der Waals surface area contributed by atoms with E-state index in [2.05, 4.69) is 28.7 Å². The molecule has 21 heavy (non-hydrogen) atoms. The van der Waals surface area contributed by atoms with Crippen LogP contribution in [0.3, 0.4) is 0 Å². The Kier molecular flexibility index (Phi) is 4.44. The first-order chi connectivity index (χ1) is 10.2. The second-order valence-electron chi connectivity index (χ2n) is 6.16. The van der Waals surface area contributed by atoms with E-state index in [1.165, 1.54) is 37.2 Å². The minimum atomic E-state index is 0.630. The van der Waals surface area contributed by atoms with Crippen molar-refractivity contribution >= 4 is 22.4 Å². The Labute approximate surface area is 130 Å². The van der Waals surface area contributed by atoms with Gasteiger partial charge in [0.2, 0.25) is 0 Å². The first-order valence-electron chi connectivity index (χ1n) is 7.78. The first-order valence-corrected chi connectivity index (χ1v) is 8.56. The Hall–Kier alpha value is -1.55. The summed E-state index contributed by atoms with van der Waals surface area (Å²) in [5.41, 5.74) is 8.27. The molecule has 0 saturated heterocycles. The first kappa shape index (κ1) is 14.4. The van der Waals surface area contributed by atoms with E-state index in [-0.39, 0.29) is 0 Å². The lowest BCUT2D eigenvalue weighted by Gasteiger charge is -2.27. The van der Waals surface area contributed by atoms with Crippen LogP contribution in [0.25, 0.3) is 11.1 Å². The second-order valence-corrected chi connectivity index (χ2v) is 6.93. The van der Waals surface area contributed by atoms with Gasteiger partial charge >= 0.3 is 0 Å². The van der Waals surface area contributed by atoms with Gasteiger partial charge in [0.05, 0.1) is 5.56 Å². The van der Waals surface area contributed by atoms with Crippen LogP contribution in [0.15, 0.2) is 30.3 Å². The van der Waals surface area contributed by atoms with Crippen molar-refractivity contribution in [2.75, 3.05) is 17.6 Å². The van der Waals surface area contributed by atoms with Crippen LogP contribution in [0.4, 0.5) is 10.8 Å². The maximum absolute atomic E-state index is 6.06. The third-order valence-corrected chi connectivity index (χ3v) is 5.20. The quantitative estimate of drug-likeness (QED) is 0.865. The molecule has 4 heteroatoms. The van der Waals surface area contributed by atoms with Gasteiger partial charge in [-0.1, -0.05) is 50.1 Å². The predicted octanol–water partition coefficient (Wildman–Crippen LogP) is 4.63. The summed E-state index contributed by atoms with van der Waals surface area (Å²) in [6.07, 6.45) is 5.43. The van der Waals surface area contributed by atoms with Crippen LogP contribution in [0.5, 0.6) is 0 Å². The minimum absolute atomic E-state index is 0.630. The standard InChI is InChI=1S/C17H23N3S/c1-12-6-5-7-13(10-12)11-19-17-15(16(18)20-21-17)14-8-3-2-4-9-14/h2-4,8-9,12-13,19H,5-7,10-11H2,1H3,(H2,18,20). The van der Waals surface area contributed by atoms with Gasteiger partial charge in [0.1, 0.15) is 10.8 Å². The van der Waals surface area contributed by atoms with E-state index in [0.717, 1.165) is 34.5 Å². The van der Waals surface area contributed by atoms with Crippen molar-refractivity contribution in [3.8, 4) is 11.1 Å².